The van der Waals surface area contributed by atoms with Crippen molar-refractivity contribution < 1.29 is 23.8 Å². The molecule has 0 unspecified atom stereocenters. The Morgan fingerprint density at radius 3 is 2.77 bits per heavy atom. The maximum absolute atomic E-state index is 13.2. The van der Waals surface area contributed by atoms with Crippen LogP contribution in [-0.2, 0) is 16.0 Å². The van der Waals surface area contributed by atoms with Crippen LogP contribution in [0.2, 0.25) is 0 Å². The van der Waals surface area contributed by atoms with Crippen LogP contribution in [-0.4, -0.2) is 68.3 Å². The maximum atomic E-state index is 13.2. The first-order valence-electron chi connectivity index (χ1n) is 14.1. The summed E-state index contributed by atoms with van der Waals surface area (Å²) in [5.74, 6) is 1.48. The fourth-order valence-electron chi connectivity index (χ4n) is 5.74. The van der Waals surface area contributed by atoms with Crippen molar-refractivity contribution in [3.63, 3.8) is 0 Å². The Kier molecular flexibility index (Phi) is 8.71. The lowest BCUT2D eigenvalue weighted by Crippen LogP contribution is -2.45. The molecular weight excluding hydrogens is 494 g/mol. The fraction of sp³-hybridized carbons (Fsp3) is 0.484. The van der Waals surface area contributed by atoms with Crippen molar-refractivity contribution in [3.05, 3.63) is 59.8 Å². The van der Waals surface area contributed by atoms with E-state index in [0.717, 1.165) is 67.4 Å². The second kappa shape index (κ2) is 12.6. The number of carbonyl (C=O) groups excluding carboxylic acids is 2. The van der Waals surface area contributed by atoms with Gasteiger partial charge in [-0.05, 0) is 68.0 Å². The summed E-state index contributed by atoms with van der Waals surface area (Å²) in [6.45, 7) is 3.66. The maximum Gasteiger partial charge on any atom is 0.255 e. The Balaban J connectivity index is 1.21. The number of carbonyl (C=O) groups is 2. The molecule has 39 heavy (non-hydrogen) atoms. The minimum absolute atomic E-state index is 0.0299. The van der Waals surface area contributed by atoms with E-state index in [0.29, 0.717) is 50.5 Å². The lowest BCUT2D eigenvalue weighted by atomic mass is 9.75. The monoisotopic (exact) mass is 533 g/mol. The smallest absolute Gasteiger partial charge is 0.255 e. The van der Waals surface area contributed by atoms with Gasteiger partial charge in [-0.3, -0.25) is 9.59 Å². The Labute approximate surface area is 230 Å². The lowest BCUT2D eigenvalue weighted by Gasteiger charge is -2.42. The molecular formula is C31H39N3O5. The van der Waals surface area contributed by atoms with Crippen LogP contribution < -0.4 is 14.8 Å². The Bertz CT molecular complexity index is 1280. The molecule has 0 radical (unpaired) electrons. The van der Waals surface area contributed by atoms with Gasteiger partial charge in [-0.1, -0.05) is 18.6 Å². The minimum atomic E-state index is -0.144. The molecule has 0 atom stereocenters. The zero-order chi connectivity index (χ0) is 27.1. The number of ether oxygens (including phenoxy) is 3. The summed E-state index contributed by atoms with van der Waals surface area (Å²) in [4.78, 5) is 31.2. The molecule has 208 valence electrons. The number of aromatic nitrogens is 1. The second-order valence-corrected chi connectivity index (χ2v) is 10.7. The first-order chi connectivity index (χ1) is 19.1. The van der Waals surface area contributed by atoms with E-state index in [-0.39, 0.29) is 17.2 Å². The van der Waals surface area contributed by atoms with Crippen molar-refractivity contribution in [2.45, 2.75) is 44.9 Å². The number of likely N-dealkylation sites (tertiary alicyclic amines) is 1. The Morgan fingerprint density at radius 1 is 1.08 bits per heavy atom. The highest BCUT2D eigenvalue weighted by Gasteiger charge is 2.36. The van der Waals surface area contributed by atoms with Crippen LogP contribution in [0.15, 0.2) is 48.7 Å². The molecule has 2 N–H and O–H groups in total. The summed E-state index contributed by atoms with van der Waals surface area (Å²) in [6.07, 6.45) is 7.99. The molecule has 0 aliphatic carbocycles. The summed E-state index contributed by atoms with van der Waals surface area (Å²) < 4.78 is 17.4. The fourth-order valence-corrected chi connectivity index (χ4v) is 5.74. The largest absolute Gasteiger partial charge is 0.497 e. The van der Waals surface area contributed by atoms with Gasteiger partial charge in [-0.25, -0.2) is 0 Å². The van der Waals surface area contributed by atoms with Gasteiger partial charge in [0.15, 0.2) is 0 Å². The van der Waals surface area contributed by atoms with E-state index in [1.807, 2.05) is 47.5 Å². The van der Waals surface area contributed by atoms with E-state index in [1.54, 1.807) is 13.2 Å². The molecule has 2 aliphatic rings. The summed E-state index contributed by atoms with van der Waals surface area (Å²) >= 11 is 0. The summed E-state index contributed by atoms with van der Waals surface area (Å²) in [6, 6.07) is 13.4. The Morgan fingerprint density at radius 2 is 1.92 bits per heavy atom. The number of aromatic amines is 1. The predicted molar refractivity (Wildman–Crippen MR) is 150 cm³/mol. The van der Waals surface area contributed by atoms with Crippen LogP contribution in [0.1, 0.15) is 54.4 Å². The third-order valence-electron chi connectivity index (χ3n) is 8.20. The van der Waals surface area contributed by atoms with Gasteiger partial charge in [0, 0.05) is 55.2 Å². The molecule has 1 saturated heterocycles. The third kappa shape index (κ3) is 6.56. The van der Waals surface area contributed by atoms with E-state index in [4.69, 9.17) is 14.2 Å². The average molecular weight is 534 g/mol. The second-order valence-electron chi connectivity index (χ2n) is 10.7. The molecule has 8 heteroatoms. The number of H-pyrrole nitrogens is 1. The van der Waals surface area contributed by atoms with Gasteiger partial charge in [0.25, 0.3) is 5.91 Å². The SMILES string of the molecule is COc1ccc2[nH]cc(CCC(=O)N3CCC4(CCCCOCCNC(=O)c5ccccc5OC4)CC3)c2c1. The van der Waals surface area contributed by atoms with Crippen molar-refractivity contribution in [1.29, 1.82) is 0 Å². The highest BCUT2D eigenvalue weighted by molar-refractivity contribution is 5.96. The topological polar surface area (TPSA) is 92.9 Å². The summed E-state index contributed by atoms with van der Waals surface area (Å²) in [7, 11) is 1.67. The number of aryl methyl sites for hydroxylation is 1. The molecule has 2 aliphatic heterocycles. The minimum Gasteiger partial charge on any atom is -0.497 e. The van der Waals surface area contributed by atoms with E-state index in [9.17, 15) is 9.59 Å². The van der Waals surface area contributed by atoms with Gasteiger partial charge in [-0.2, -0.15) is 0 Å². The Hall–Kier alpha value is -3.52. The zero-order valence-corrected chi connectivity index (χ0v) is 22.8. The molecule has 2 amide bonds. The van der Waals surface area contributed by atoms with Crippen molar-refractivity contribution in [1.82, 2.24) is 15.2 Å². The molecule has 3 aromatic rings. The van der Waals surface area contributed by atoms with Crippen LogP contribution in [0.3, 0.4) is 0 Å². The van der Waals surface area contributed by atoms with Gasteiger partial charge in [0.1, 0.15) is 11.5 Å². The lowest BCUT2D eigenvalue weighted by molar-refractivity contribution is -0.134. The quantitative estimate of drug-likeness (QED) is 0.506. The standard InChI is InChI=1S/C31H39N3O5/c1-37-24-9-10-27-26(20-24)23(21-33-27)8-11-29(35)34-16-13-31(14-17-34)12-4-5-18-38-19-15-32-30(36)25-6-2-3-7-28(25)39-22-31/h2-3,6-7,9-10,20-21,33H,4-5,8,11-19,22H2,1H3,(H,32,36). The number of para-hydroxylation sites is 1. The first-order valence-corrected chi connectivity index (χ1v) is 14.1. The van der Waals surface area contributed by atoms with Crippen LogP contribution >= 0.6 is 0 Å². The number of piperidine rings is 1. The molecule has 0 bridgehead atoms. The number of benzene rings is 2. The predicted octanol–water partition coefficient (Wildman–Crippen LogP) is 4.73. The van der Waals surface area contributed by atoms with Crippen LogP contribution in [0.5, 0.6) is 11.5 Å². The summed E-state index contributed by atoms with van der Waals surface area (Å²) in [5, 5.41) is 4.03. The van der Waals surface area contributed by atoms with Crippen LogP contribution in [0.25, 0.3) is 10.9 Å². The highest BCUT2D eigenvalue weighted by Crippen LogP contribution is 2.38. The number of hydrogen-bond acceptors (Lipinski definition) is 5. The van der Waals surface area contributed by atoms with Gasteiger partial charge in [0.2, 0.25) is 5.91 Å². The van der Waals surface area contributed by atoms with E-state index >= 15 is 0 Å². The third-order valence-corrected chi connectivity index (χ3v) is 8.20. The van der Waals surface area contributed by atoms with Gasteiger partial charge >= 0.3 is 0 Å². The average Bonchev–Trinajstić information content (AvgIpc) is 3.38. The molecule has 1 aromatic heterocycles. The van der Waals surface area contributed by atoms with Crippen molar-refractivity contribution in [2.75, 3.05) is 46.6 Å². The number of amides is 2. The highest BCUT2D eigenvalue weighted by atomic mass is 16.5. The molecule has 3 heterocycles. The number of rotatable bonds is 4. The summed E-state index contributed by atoms with van der Waals surface area (Å²) in [5.41, 5.74) is 2.71. The normalized spacial score (nSPS) is 18.6. The molecule has 1 fully saturated rings. The van der Waals surface area contributed by atoms with Crippen LogP contribution in [0, 0.1) is 5.41 Å². The molecule has 1 spiro atoms. The van der Waals surface area contributed by atoms with E-state index < -0.39 is 0 Å². The van der Waals surface area contributed by atoms with Gasteiger partial charge in [-0.15, -0.1) is 0 Å². The first kappa shape index (κ1) is 27.1. The number of methoxy groups -OCH3 is 1. The number of nitrogens with one attached hydrogen (secondary N) is 2. The molecule has 5 rings (SSSR count). The number of nitrogens with zero attached hydrogens (tertiary/aromatic N) is 1. The number of fused-ring (bicyclic) bond motifs is 2. The van der Waals surface area contributed by atoms with Crippen molar-refractivity contribution in [3.8, 4) is 11.5 Å². The van der Waals surface area contributed by atoms with Gasteiger partial charge < -0.3 is 29.4 Å². The zero-order valence-electron chi connectivity index (χ0n) is 22.8. The van der Waals surface area contributed by atoms with E-state index in [1.165, 1.54) is 0 Å². The number of hydrogen-bond donors (Lipinski definition) is 2. The van der Waals surface area contributed by atoms with Crippen LogP contribution in [0.4, 0.5) is 0 Å². The van der Waals surface area contributed by atoms with E-state index in [2.05, 4.69) is 10.3 Å². The molecule has 0 saturated carbocycles. The molecule has 2 aromatic carbocycles. The van der Waals surface area contributed by atoms with Gasteiger partial charge in [0.05, 0.1) is 25.9 Å². The molecule has 8 nitrogen and oxygen atoms in total. The van der Waals surface area contributed by atoms with Crippen molar-refractivity contribution >= 4 is 22.7 Å². The van der Waals surface area contributed by atoms with Crippen molar-refractivity contribution in [2.24, 2.45) is 5.41 Å².